The predicted octanol–water partition coefficient (Wildman–Crippen LogP) is 2.70. The average molecular weight is 561 g/mol. The SMILES string of the molecule is CCc1nn(CC)c2c1CCC21CCN(C[C@H]2C[C@H]([C@H](N[C-](C)CC)C(=O)O)C[C@@H]2c2cccc(F)c2)CC1.[Na+]. The number of aryl methyl sites for hydroxylation is 2. The van der Waals surface area contributed by atoms with Gasteiger partial charge in [-0.3, -0.25) is 15.5 Å². The number of carbonyl (C=O) groups is 1. The average Bonchev–Trinajstić information content (AvgIpc) is 3.62. The van der Waals surface area contributed by atoms with Crippen LogP contribution < -0.4 is 34.9 Å². The summed E-state index contributed by atoms with van der Waals surface area (Å²) >= 11 is 0. The first-order chi connectivity index (χ1) is 18.8. The zero-order chi connectivity index (χ0) is 27.7. The Bertz CT molecular complexity index is 1160. The molecule has 1 saturated heterocycles. The van der Waals surface area contributed by atoms with Crippen LogP contribution in [0.3, 0.4) is 0 Å². The largest absolute Gasteiger partial charge is 1.00 e. The van der Waals surface area contributed by atoms with Gasteiger partial charge in [0.15, 0.2) is 0 Å². The number of carboxylic acid groups (broad SMARTS) is 1. The molecule has 1 aromatic heterocycles. The Balaban J connectivity index is 0.00000370. The van der Waals surface area contributed by atoms with Gasteiger partial charge in [0.05, 0.1) is 11.7 Å². The molecule has 0 amide bonds. The second-order valence-electron chi connectivity index (χ2n) is 12.3. The molecule has 3 aliphatic rings. The maximum Gasteiger partial charge on any atom is 1.00 e. The van der Waals surface area contributed by atoms with Crippen LogP contribution in [0.4, 0.5) is 4.39 Å². The van der Waals surface area contributed by atoms with E-state index in [9.17, 15) is 14.3 Å². The minimum atomic E-state index is -0.789. The van der Waals surface area contributed by atoms with E-state index in [1.807, 2.05) is 19.9 Å². The molecule has 1 aliphatic heterocycles. The fraction of sp³-hybridized carbons (Fsp3) is 0.656. The number of carboxylic acids is 1. The van der Waals surface area contributed by atoms with Crippen molar-refractivity contribution in [2.24, 2.45) is 11.8 Å². The summed E-state index contributed by atoms with van der Waals surface area (Å²) in [6.07, 6.45) is 8.12. The number of hydrogen-bond acceptors (Lipinski definition) is 4. The van der Waals surface area contributed by atoms with Crippen molar-refractivity contribution in [1.29, 1.82) is 0 Å². The van der Waals surface area contributed by atoms with Gasteiger partial charge in [-0.05, 0) is 106 Å². The molecule has 6 nitrogen and oxygen atoms in total. The Labute approximate surface area is 261 Å². The molecule has 2 heterocycles. The van der Waals surface area contributed by atoms with Crippen molar-refractivity contribution in [3.63, 3.8) is 0 Å². The number of benzene rings is 1. The number of piperidine rings is 1. The molecule has 2 aromatic rings. The Hall–Kier alpha value is -1.25. The second kappa shape index (κ2) is 13.4. The van der Waals surface area contributed by atoms with Gasteiger partial charge in [-0.2, -0.15) is 18.4 Å². The first-order valence-electron chi connectivity index (χ1n) is 15.2. The van der Waals surface area contributed by atoms with Gasteiger partial charge in [0.25, 0.3) is 0 Å². The van der Waals surface area contributed by atoms with Crippen molar-refractivity contribution in [1.82, 2.24) is 20.0 Å². The fourth-order valence-electron chi connectivity index (χ4n) is 7.92. The Morgan fingerprint density at radius 2 is 1.98 bits per heavy atom. The maximum atomic E-state index is 14.3. The third-order valence-electron chi connectivity index (χ3n) is 10.1. The normalized spacial score (nSPS) is 24.8. The molecule has 1 saturated carbocycles. The van der Waals surface area contributed by atoms with Gasteiger partial charge in [0, 0.05) is 24.2 Å². The van der Waals surface area contributed by atoms with Crippen molar-refractivity contribution in [2.75, 3.05) is 19.6 Å². The van der Waals surface area contributed by atoms with Crippen LogP contribution in [0.2, 0.25) is 0 Å². The molecule has 8 heteroatoms. The van der Waals surface area contributed by atoms with Crippen LogP contribution in [0.15, 0.2) is 24.3 Å². The van der Waals surface area contributed by atoms with E-state index in [0.29, 0.717) is 5.92 Å². The molecule has 4 atom stereocenters. The fourth-order valence-corrected chi connectivity index (χ4v) is 7.92. The van der Waals surface area contributed by atoms with Gasteiger partial charge in [-0.1, -0.05) is 26.0 Å². The van der Waals surface area contributed by atoms with Crippen molar-refractivity contribution in [3.8, 4) is 0 Å². The zero-order valence-corrected chi connectivity index (χ0v) is 27.2. The van der Waals surface area contributed by atoms with Crippen LogP contribution in [0.25, 0.3) is 0 Å². The van der Waals surface area contributed by atoms with Crippen LogP contribution in [0, 0.1) is 23.7 Å². The predicted molar refractivity (Wildman–Crippen MR) is 152 cm³/mol. The first-order valence-corrected chi connectivity index (χ1v) is 15.2. The smallest absolute Gasteiger partial charge is 0.480 e. The molecule has 1 aromatic carbocycles. The van der Waals surface area contributed by atoms with Gasteiger partial charge < -0.3 is 15.3 Å². The number of hydrogen-bond donors (Lipinski definition) is 2. The molecule has 214 valence electrons. The van der Waals surface area contributed by atoms with Crippen molar-refractivity contribution in [3.05, 3.63) is 58.6 Å². The van der Waals surface area contributed by atoms with Gasteiger partial charge >= 0.3 is 35.5 Å². The standard InChI is InChI=1S/C32H46FN4O2.Na/c1-5-21(4)34-29(31(38)39)23-17-24(27(19-23)22-9-8-10-25(33)18-22)20-36-15-13-32(14-16-36)12-11-26-28(6-2)35-37(7-3)30(26)32;/h8-10,18,23-24,27,29,34H,5-7,11-17,19-20H2,1-4H3,(H,38,39);/q-1;+1/t23-,24+,27+,29-;/m0./s1. The summed E-state index contributed by atoms with van der Waals surface area (Å²) in [4.78, 5) is 14.9. The quantitative estimate of drug-likeness (QED) is 0.346. The molecule has 2 aliphatic carbocycles. The summed E-state index contributed by atoms with van der Waals surface area (Å²) in [5.74, 6) is -0.513. The van der Waals surface area contributed by atoms with E-state index >= 15 is 0 Å². The van der Waals surface area contributed by atoms with E-state index in [-0.39, 0.29) is 52.6 Å². The van der Waals surface area contributed by atoms with Crippen molar-refractivity contribution in [2.45, 2.75) is 103 Å². The molecule has 2 fully saturated rings. The van der Waals surface area contributed by atoms with Crippen LogP contribution in [-0.4, -0.2) is 51.4 Å². The van der Waals surface area contributed by atoms with Gasteiger partial charge in [-0.15, -0.1) is 0 Å². The molecule has 0 radical (unpaired) electrons. The Morgan fingerprint density at radius 1 is 1.23 bits per heavy atom. The summed E-state index contributed by atoms with van der Waals surface area (Å²) in [6, 6.07) is 7.38. The molecular weight excluding hydrogens is 514 g/mol. The third-order valence-corrected chi connectivity index (χ3v) is 10.1. The van der Waals surface area contributed by atoms with Gasteiger partial charge in [0.2, 0.25) is 0 Å². The van der Waals surface area contributed by atoms with E-state index in [0.717, 1.165) is 82.7 Å². The number of aromatic nitrogens is 2. The first kappa shape index (κ1) is 31.7. The van der Waals surface area contributed by atoms with Crippen LogP contribution in [-0.2, 0) is 29.6 Å². The molecule has 0 bridgehead atoms. The van der Waals surface area contributed by atoms with Crippen molar-refractivity contribution >= 4 is 5.97 Å². The van der Waals surface area contributed by atoms with Gasteiger partial charge in [0.1, 0.15) is 5.82 Å². The molecule has 0 unspecified atom stereocenters. The second-order valence-corrected chi connectivity index (χ2v) is 12.3. The van der Waals surface area contributed by atoms with E-state index < -0.39 is 12.0 Å². The minimum absolute atomic E-state index is 0. The molecule has 2 N–H and O–H groups in total. The summed E-state index contributed by atoms with van der Waals surface area (Å²) in [5, 5.41) is 18.3. The minimum Gasteiger partial charge on any atom is -0.480 e. The van der Waals surface area contributed by atoms with Gasteiger partial charge in [-0.25, -0.2) is 4.39 Å². The summed E-state index contributed by atoms with van der Waals surface area (Å²) < 4.78 is 16.5. The summed E-state index contributed by atoms with van der Waals surface area (Å²) in [5.41, 5.74) is 5.57. The maximum absolute atomic E-state index is 14.3. The monoisotopic (exact) mass is 560 g/mol. The zero-order valence-electron chi connectivity index (χ0n) is 25.2. The number of halogens is 1. The number of nitrogens with one attached hydrogen (secondary N) is 1. The van der Waals surface area contributed by atoms with E-state index in [2.05, 4.69) is 28.7 Å². The van der Waals surface area contributed by atoms with Crippen LogP contribution in [0.1, 0.15) is 94.7 Å². The Morgan fingerprint density at radius 3 is 2.60 bits per heavy atom. The van der Waals surface area contributed by atoms with Crippen LogP contribution in [0.5, 0.6) is 0 Å². The third kappa shape index (κ3) is 6.24. The summed E-state index contributed by atoms with van der Waals surface area (Å²) in [7, 11) is 0. The molecular formula is C32H46FN4NaO2. The van der Waals surface area contributed by atoms with E-state index in [1.54, 1.807) is 12.1 Å². The summed E-state index contributed by atoms with van der Waals surface area (Å²) in [6.45, 7) is 12.4. The number of rotatable bonds is 10. The molecule has 5 rings (SSSR count). The number of fused-ring (bicyclic) bond motifs is 2. The van der Waals surface area contributed by atoms with E-state index in [1.165, 1.54) is 29.4 Å². The van der Waals surface area contributed by atoms with E-state index in [4.69, 9.17) is 5.10 Å². The number of nitrogens with zero attached hydrogens (tertiary/aromatic N) is 3. The number of likely N-dealkylation sites (tertiary alicyclic amines) is 1. The molecule has 1 spiro atoms. The topological polar surface area (TPSA) is 70.4 Å². The molecule has 40 heavy (non-hydrogen) atoms. The number of aliphatic carboxylic acids is 1. The Kier molecular flexibility index (Phi) is 10.6. The van der Waals surface area contributed by atoms with Crippen molar-refractivity contribution < 1.29 is 43.8 Å². The van der Waals surface area contributed by atoms with Crippen LogP contribution >= 0.6 is 0 Å².